The van der Waals surface area contributed by atoms with E-state index in [1.807, 2.05) is 0 Å². The van der Waals surface area contributed by atoms with E-state index >= 15 is 0 Å². The number of anilines is 1. The minimum Gasteiger partial charge on any atom is -0.497 e. The summed E-state index contributed by atoms with van der Waals surface area (Å²) in [5, 5.41) is 7.28. The topological polar surface area (TPSA) is 106 Å². The van der Waals surface area contributed by atoms with Crippen molar-refractivity contribution >= 4 is 57.2 Å². The number of ether oxygens (including phenoxy) is 2. The third-order valence-corrected chi connectivity index (χ3v) is 6.13. The van der Waals surface area contributed by atoms with E-state index in [1.54, 1.807) is 98.1 Å². The average molecular weight is 607 g/mol. The van der Waals surface area contributed by atoms with Crippen LogP contribution in [0, 0.1) is 0 Å². The molecule has 0 spiro atoms. The van der Waals surface area contributed by atoms with E-state index < -0.39 is 11.9 Å². The van der Waals surface area contributed by atoms with Crippen LogP contribution in [0.5, 0.6) is 11.5 Å². The number of methoxy groups -OCH3 is 1. The number of esters is 1. The number of halogens is 2. The van der Waals surface area contributed by atoms with E-state index in [-0.39, 0.29) is 11.7 Å². The van der Waals surface area contributed by atoms with Gasteiger partial charge in [-0.05, 0) is 91.0 Å². The lowest BCUT2D eigenvalue weighted by atomic mass is 10.1. The van der Waals surface area contributed by atoms with Gasteiger partial charge in [0.25, 0.3) is 11.8 Å². The molecule has 8 nitrogen and oxygen atoms in total. The number of hydrogen-bond donors (Lipinski definition) is 2. The Labute approximate surface area is 237 Å². The molecule has 2 N–H and O–H groups in total. The lowest BCUT2D eigenvalue weighted by Crippen LogP contribution is -2.18. The van der Waals surface area contributed by atoms with Gasteiger partial charge in [0.05, 0.1) is 18.9 Å². The van der Waals surface area contributed by atoms with Crippen LogP contribution in [0.3, 0.4) is 0 Å². The number of nitrogens with one attached hydrogen (secondary N) is 2. The van der Waals surface area contributed by atoms with E-state index in [9.17, 15) is 14.4 Å². The lowest BCUT2D eigenvalue weighted by molar-refractivity contribution is 0.0734. The number of benzene rings is 4. The maximum absolute atomic E-state index is 12.6. The Morgan fingerprint density at radius 3 is 2.10 bits per heavy atom. The van der Waals surface area contributed by atoms with Crippen LogP contribution in [-0.4, -0.2) is 31.1 Å². The molecule has 0 fully saturated rings. The molecule has 4 aromatic carbocycles. The number of carbonyl (C=O) groups is 3. The van der Waals surface area contributed by atoms with Gasteiger partial charge in [-0.3, -0.25) is 9.59 Å². The fraction of sp³-hybridized carbons (Fsp3) is 0.0345. The normalized spacial score (nSPS) is 10.6. The zero-order valence-electron chi connectivity index (χ0n) is 20.5. The van der Waals surface area contributed by atoms with E-state index in [1.165, 1.54) is 6.21 Å². The van der Waals surface area contributed by atoms with Gasteiger partial charge in [-0.1, -0.05) is 27.5 Å². The van der Waals surface area contributed by atoms with E-state index in [0.29, 0.717) is 38.7 Å². The maximum atomic E-state index is 12.6. The number of hydrazone groups is 1. The van der Waals surface area contributed by atoms with Crippen molar-refractivity contribution in [2.45, 2.75) is 0 Å². The minimum atomic E-state index is -0.563. The highest BCUT2D eigenvalue weighted by Crippen LogP contribution is 2.23. The summed E-state index contributed by atoms with van der Waals surface area (Å²) < 4.78 is 11.3. The van der Waals surface area contributed by atoms with Gasteiger partial charge in [-0.2, -0.15) is 5.10 Å². The Balaban J connectivity index is 1.37. The number of amides is 2. The molecule has 0 atom stereocenters. The van der Waals surface area contributed by atoms with Crippen molar-refractivity contribution in [3.05, 3.63) is 123 Å². The van der Waals surface area contributed by atoms with Gasteiger partial charge in [0.2, 0.25) is 0 Å². The minimum absolute atomic E-state index is 0.258. The Morgan fingerprint density at radius 2 is 1.44 bits per heavy atom. The molecule has 0 aliphatic carbocycles. The summed E-state index contributed by atoms with van der Waals surface area (Å²) in [7, 11) is 1.55. The Kier molecular flexibility index (Phi) is 9.09. The molecule has 39 heavy (non-hydrogen) atoms. The summed E-state index contributed by atoms with van der Waals surface area (Å²) in [6, 6.07) is 24.4. The van der Waals surface area contributed by atoms with Crippen molar-refractivity contribution < 1.29 is 23.9 Å². The van der Waals surface area contributed by atoms with Gasteiger partial charge in [-0.15, -0.1) is 0 Å². The third-order valence-electron chi connectivity index (χ3n) is 5.38. The molecule has 0 heterocycles. The molecule has 196 valence electrons. The molecule has 2 amide bonds. The highest BCUT2D eigenvalue weighted by molar-refractivity contribution is 9.10. The standard InChI is InChI=1S/C29H21BrClN3O5/c1-38-25-13-6-18(7-14-25)27(35)33-24-11-4-19(5-12-24)28(36)34-32-17-21-16-22(30)8-15-26(21)39-29(37)20-2-9-23(31)10-3-20/h2-17H,1H3,(H,33,35)(H,34,36)/b32-17-. The summed E-state index contributed by atoms with van der Waals surface area (Å²) in [4.78, 5) is 37.5. The van der Waals surface area contributed by atoms with Crippen molar-refractivity contribution in [3.63, 3.8) is 0 Å². The van der Waals surface area contributed by atoms with Crippen LogP contribution in [0.25, 0.3) is 0 Å². The first-order valence-electron chi connectivity index (χ1n) is 11.5. The predicted octanol–water partition coefficient (Wildman–Crippen LogP) is 6.35. The number of nitrogens with zero attached hydrogens (tertiary/aromatic N) is 1. The summed E-state index contributed by atoms with van der Waals surface area (Å²) in [6.45, 7) is 0. The van der Waals surface area contributed by atoms with Gasteiger partial charge in [0.1, 0.15) is 11.5 Å². The molecule has 0 saturated heterocycles. The summed E-state index contributed by atoms with van der Waals surface area (Å²) in [6.07, 6.45) is 1.37. The zero-order valence-corrected chi connectivity index (χ0v) is 22.8. The number of hydrogen-bond acceptors (Lipinski definition) is 6. The van der Waals surface area contributed by atoms with Crippen LogP contribution in [0.15, 0.2) is 101 Å². The Bertz CT molecular complexity index is 1520. The van der Waals surface area contributed by atoms with Crippen LogP contribution >= 0.6 is 27.5 Å². The van der Waals surface area contributed by atoms with Crippen LogP contribution in [0.2, 0.25) is 5.02 Å². The molecule has 4 aromatic rings. The number of carbonyl (C=O) groups excluding carboxylic acids is 3. The predicted molar refractivity (Wildman–Crippen MR) is 153 cm³/mol. The molecule has 0 aliphatic rings. The highest BCUT2D eigenvalue weighted by atomic mass is 79.9. The van der Waals surface area contributed by atoms with Crippen molar-refractivity contribution in [1.29, 1.82) is 0 Å². The first-order chi connectivity index (χ1) is 18.8. The fourth-order valence-corrected chi connectivity index (χ4v) is 3.84. The van der Waals surface area contributed by atoms with E-state index in [0.717, 1.165) is 4.47 Å². The largest absolute Gasteiger partial charge is 0.497 e. The van der Waals surface area contributed by atoms with Gasteiger partial charge in [0.15, 0.2) is 0 Å². The third kappa shape index (κ3) is 7.53. The second-order valence-electron chi connectivity index (χ2n) is 8.04. The van der Waals surface area contributed by atoms with E-state index in [4.69, 9.17) is 21.1 Å². The monoisotopic (exact) mass is 605 g/mol. The molecular weight excluding hydrogens is 586 g/mol. The number of rotatable bonds is 8. The smallest absolute Gasteiger partial charge is 0.343 e. The molecule has 0 saturated carbocycles. The van der Waals surface area contributed by atoms with Crippen molar-refractivity contribution in [3.8, 4) is 11.5 Å². The quantitative estimate of drug-likeness (QED) is 0.105. The molecule has 10 heteroatoms. The Hall–Kier alpha value is -4.47. The summed E-state index contributed by atoms with van der Waals surface area (Å²) >= 11 is 9.25. The van der Waals surface area contributed by atoms with Gasteiger partial charge < -0.3 is 14.8 Å². The van der Waals surface area contributed by atoms with Crippen molar-refractivity contribution in [2.75, 3.05) is 12.4 Å². The molecule has 0 aliphatic heterocycles. The van der Waals surface area contributed by atoms with Crippen LogP contribution in [-0.2, 0) is 0 Å². The second-order valence-corrected chi connectivity index (χ2v) is 9.39. The lowest BCUT2D eigenvalue weighted by Gasteiger charge is -2.08. The van der Waals surface area contributed by atoms with Gasteiger partial charge >= 0.3 is 5.97 Å². The molecule has 0 radical (unpaired) electrons. The molecular formula is C29H21BrClN3O5. The first-order valence-corrected chi connectivity index (χ1v) is 12.7. The SMILES string of the molecule is COc1ccc(C(=O)Nc2ccc(C(=O)N/N=C\c3cc(Br)ccc3OC(=O)c3ccc(Cl)cc3)cc2)cc1. The molecule has 4 rings (SSSR count). The Morgan fingerprint density at radius 1 is 0.821 bits per heavy atom. The second kappa shape index (κ2) is 12.9. The van der Waals surface area contributed by atoms with Crippen LogP contribution in [0.1, 0.15) is 36.6 Å². The molecule has 0 unspecified atom stereocenters. The van der Waals surface area contributed by atoms with Gasteiger partial charge in [-0.25, -0.2) is 10.2 Å². The summed E-state index contributed by atoms with van der Waals surface area (Å²) in [5.41, 5.74) is 4.57. The van der Waals surface area contributed by atoms with Crippen molar-refractivity contribution in [2.24, 2.45) is 5.10 Å². The molecule has 0 bridgehead atoms. The summed E-state index contributed by atoms with van der Waals surface area (Å²) in [5.74, 6) is -0.408. The highest BCUT2D eigenvalue weighted by Gasteiger charge is 2.12. The zero-order chi connectivity index (χ0) is 27.8. The maximum Gasteiger partial charge on any atom is 0.343 e. The van der Waals surface area contributed by atoms with Gasteiger partial charge in [0, 0.05) is 31.9 Å². The average Bonchev–Trinajstić information content (AvgIpc) is 2.95. The van der Waals surface area contributed by atoms with Crippen LogP contribution < -0.4 is 20.2 Å². The van der Waals surface area contributed by atoms with Crippen molar-refractivity contribution in [1.82, 2.24) is 5.43 Å². The molecule has 0 aromatic heterocycles. The van der Waals surface area contributed by atoms with E-state index in [2.05, 4.69) is 31.8 Å². The fourth-order valence-electron chi connectivity index (χ4n) is 3.33. The van der Waals surface area contributed by atoms with Crippen LogP contribution in [0.4, 0.5) is 5.69 Å². The first kappa shape index (κ1) is 27.6.